The van der Waals surface area contributed by atoms with Crippen molar-refractivity contribution in [1.82, 2.24) is 0 Å². The van der Waals surface area contributed by atoms with E-state index in [1.807, 2.05) is 36.6 Å². The van der Waals surface area contributed by atoms with Gasteiger partial charge < -0.3 is 9.15 Å². The predicted molar refractivity (Wildman–Crippen MR) is 85.7 cm³/mol. The molecule has 2 heteroatoms. The van der Waals surface area contributed by atoms with Gasteiger partial charge in [0.25, 0.3) is 0 Å². The third-order valence-electron chi connectivity index (χ3n) is 3.85. The smallest absolute Gasteiger partial charge is 0.135 e. The number of hydrogen-bond acceptors (Lipinski definition) is 2. The topological polar surface area (TPSA) is 22.4 Å². The van der Waals surface area contributed by atoms with Crippen LogP contribution in [0.5, 0.6) is 5.75 Å². The fourth-order valence-corrected chi connectivity index (χ4v) is 2.79. The number of rotatable bonds is 2. The van der Waals surface area contributed by atoms with E-state index >= 15 is 0 Å². The van der Waals surface area contributed by atoms with Gasteiger partial charge in [-0.2, -0.15) is 0 Å². The van der Waals surface area contributed by atoms with Crippen LogP contribution in [0, 0.1) is 0 Å². The lowest BCUT2D eigenvalue weighted by molar-refractivity contribution is 0.415. The number of hydrogen-bond donors (Lipinski definition) is 0. The molecule has 4 rings (SSSR count). The van der Waals surface area contributed by atoms with Gasteiger partial charge in [-0.3, -0.25) is 0 Å². The maximum atomic E-state index is 5.74. The fourth-order valence-electron chi connectivity index (χ4n) is 2.79. The highest BCUT2D eigenvalue weighted by molar-refractivity contribution is 6.13. The summed E-state index contributed by atoms with van der Waals surface area (Å²) in [7, 11) is 1.69. The van der Waals surface area contributed by atoms with Crippen molar-refractivity contribution in [3.05, 3.63) is 66.9 Å². The van der Waals surface area contributed by atoms with Crippen molar-refractivity contribution in [2.75, 3.05) is 7.11 Å². The van der Waals surface area contributed by atoms with E-state index in [1.54, 1.807) is 7.11 Å². The van der Waals surface area contributed by atoms with Crippen molar-refractivity contribution in [3.63, 3.8) is 0 Å². The third-order valence-corrected chi connectivity index (χ3v) is 3.85. The van der Waals surface area contributed by atoms with E-state index in [1.165, 1.54) is 5.39 Å². The van der Waals surface area contributed by atoms with Crippen molar-refractivity contribution in [2.45, 2.75) is 0 Å². The Kier molecular flexibility index (Phi) is 2.68. The van der Waals surface area contributed by atoms with E-state index in [0.29, 0.717) is 0 Å². The van der Waals surface area contributed by atoms with E-state index in [2.05, 4.69) is 30.3 Å². The van der Waals surface area contributed by atoms with Crippen LogP contribution < -0.4 is 4.74 Å². The maximum absolute atomic E-state index is 5.74. The Bertz CT molecular complexity index is 920. The molecule has 0 atom stereocenters. The molecular formula is C19H14O2. The largest absolute Gasteiger partial charge is 0.497 e. The summed E-state index contributed by atoms with van der Waals surface area (Å²) in [5.74, 6) is 0.857. The lowest BCUT2D eigenvalue weighted by Crippen LogP contribution is -1.83. The zero-order chi connectivity index (χ0) is 14.2. The minimum absolute atomic E-state index is 0.857. The molecule has 1 aromatic heterocycles. The second kappa shape index (κ2) is 4.67. The van der Waals surface area contributed by atoms with Crippen molar-refractivity contribution in [2.24, 2.45) is 0 Å². The van der Waals surface area contributed by atoms with Gasteiger partial charge in [-0.15, -0.1) is 0 Å². The van der Waals surface area contributed by atoms with Gasteiger partial charge in [-0.05, 0) is 34.5 Å². The van der Waals surface area contributed by atoms with Gasteiger partial charge in [0.1, 0.15) is 11.3 Å². The number of benzene rings is 3. The Balaban J connectivity index is 2.11. The molecule has 0 N–H and O–H groups in total. The van der Waals surface area contributed by atoms with Gasteiger partial charge in [-0.1, -0.05) is 42.5 Å². The minimum atomic E-state index is 0.857. The zero-order valence-corrected chi connectivity index (χ0v) is 11.7. The number of methoxy groups -OCH3 is 1. The van der Waals surface area contributed by atoms with Gasteiger partial charge in [-0.25, -0.2) is 0 Å². The van der Waals surface area contributed by atoms with Crippen LogP contribution >= 0.6 is 0 Å². The molecule has 0 radical (unpaired) electrons. The SMILES string of the molecule is COc1ccc2ccc3occ(-c4ccccc4)c3c2c1. The van der Waals surface area contributed by atoms with Crippen LogP contribution in [0.4, 0.5) is 0 Å². The van der Waals surface area contributed by atoms with E-state index in [4.69, 9.17) is 9.15 Å². The van der Waals surface area contributed by atoms with Crippen LogP contribution in [-0.2, 0) is 0 Å². The van der Waals surface area contributed by atoms with Gasteiger partial charge in [0.2, 0.25) is 0 Å². The summed E-state index contributed by atoms with van der Waals surface area (Å²) >= 11 is 0. The summed E-state index contributed by atoms with van der Waals surface area (Å²) in [5.41, 5.74) is 3.17. The lowest BCUT2D eigenvalue weighted by atomic mass is 9.99. The summed E-state index contributed by atoms with van der Waals surface area (Å²) in [5, 5.41) is 3.47. The molecule has 2 nitrogen and oxygen atoms in total. The van der Waals surface area contributed by atoms with Crippen molar-refractivity contribution in [3.8, 4) is 16.9 Å². The third kappa shape index (κ3) is 1.88. The second-order valence-electron chi connectivity index (χ2n) is 5.04. The quantitative estimate of drug-likeness (QED) is 0.497. The molecule has 1 heterocycles. The molecule has 0 fully saturated rings. The summed E-state index contributed by atoms with van der Waals surface area (Å²) in [6.45, 7) is 0. The fraction of sp³-hybridized carbons (Fsp3) is 0.0526. The number of fused-ring (bicyclic) bond motifs is 3. The van der Waals surface area contributed by atoms with Crippen LogP contribution in [-0.4, -0.2) is 7.11 Å². The molecule has 0 amide bonds. The molecule has 0 spiro atoms. The molecule has 0 saturated carbocycles. The van der Waals surface area contributed by atoms with Gasteiger partial charge in [0.05, 0.1) is 13.4 Å². The van der Waals surface area contributed by atoms with Gasteiger partial charge in [0.15, 0.2) is 0 Å². The van der Waals surface area contributed by atoms with Crippen LogP contribution in [0.25, 0.3) is 32.9 Å². The molecule has 4 aromatic rings. The first-order valence-electron chi connectivity index (χ1n) is 6.90. The number of furan rings is 1. The minimum Gasteiger partial charge on any atom is -0.497 e. The standard InChI is InChI=1S/C19H14O2/c1-20-15-9-7-14-8-10-18-19(16(14)11-15)17(12-21-18)13-5-3-2-4-6-13/h2-12H,1H3. The Morgan fingerprint density at radius 3 is 2.52 bits per heavy atom. The lowest BCUT2D eigenvalue weighted by Gasteiger charge is -2.05. The van der Waals surface area contributed by atoms with Gasteiger partial charge in [0, 0.05) is 10.9 Å². The van der Waals surface area contributed by atoms with Crippen molar-refractivity contribution in [1.29, 1.82) is 0 Å². The average Bonchev–Trinajstić information content (AvgIpc) is 2.99. The molecule has 21 heavy (non-hydrogen) atoms. The molecule has 0 aliphatic carbocycles. The zero-order valence-electron chi connectivity index (χ0n) is 11.7. The highest BCUT2D eigenvalue weighted by Crippen LogP contribution is 2.37. The first-order chi connectivity index (χ1) is 10.4. The maximum Gasteiger partial charge on any atom is 0.135 e. The highest BCUT2D eigenvalue weighted by atomic mass is 16.5. The Hall–Kier alpha value is -2.74. The van der Waals surface area contributed by atoms with E-state index in [-0.39, 0.29) is 0 Å². The van der Waals surface area contributed by atoms with E-state index in [9.17, 15) is 0 Å². The molecule has 0 bridgehead atoms. The normalized spacial score (nSPS) is 11.1. The van der Waals surface area contributed by atoms with Crippen LogP contribution in [0.15, 0.2) is 71.3 Å². The van der Waals surface area contributed by atoms with Crippen LogP contribution in [0.1, 0.15) is 0 Å². The molecule has 0 unspecified atom stereocenters. The van der Waals surface area contributed by atoms with Crippen molar-refractivity contribution >= 4 is 21.7 Å². The second-order valence-corrected chi connectivity index (χ2v) is 5.04. The Labute approximate surface area is 122 Å². The molecule has 0 aliphatic rings. The average molecular weight is 274 g/mol. The molecule has 0 saturated heterocycles. The first-order valence-corrected chi connectivity index (χ1v) is 6.90. The molecule has 102 valence electrons. The molecule has 0 aliphatic heterocycles. The Morgan fingerprint density at radius 2 is 1.71 bits per heavy atom. The summed E-state index contributed by atoms with van der Waals surface area (Å²) in [4.78, 5) is 0. The van der Waals surface area contributed by atoms with Gasteiger partial charge >= 0.3 is 0 Å². The monoisotopic (exact) mass is 274 g/mol. The predicted octanol–water partition coefficient (Wildman–Crippen LogP) is 5.26. The Morgan fingerprint density at radius 1 is 0.905 bits per heavy atom. The van der Waals surface area contributed by atoms with E-state index in [0.717, 1.165) is 33.2 Å². The van der Waals surface area contributed by atoms with Crippen LogP contribution in [0.2, 0.25) is 0 Å². The molecule has 3 aromatic carbocycles. The molecular weight excluding hydrogens is 260 g/mol. The summed E-state index contributed by atoms with van der Waals surface area (Å²) in [6.07, 6.45) is 1.83. The van der Waals surface area contributed by atoms with Crippen LogP contribution in [0.3, 0.4) is 0 Å². The first kappa shape index (κ1) is 12.0. The van der Waals surface area contributed by atoms with Crippen molar-refractivity contribution < 1.29 is 9.15 Å². The highest BCUT2D eigenvalue weighted by Gasteiger charge is 2.12. The summed E-state index contributed by atoms with van der Waals surface area (Å²) < 4.78 is 11.1. The summed E-state index contributed by atoms with van der Waals surface area (Å²) in [6, 6.07) is 20.5. The number of ether oxygens (including phenoxy) is 1. The van der Waals surface area contributed by atoms with E-state index < -0.39 is 0 Å².